The lowest BCUT2D eigenvalue weighted by Crippen LogP contribution is -2.33. The van der Waals surface area contributed by atoms with Crippen LogP contribution in [0.25, 0.3) is 0 Å². The van der Waals surface area contributed by atoms with Gasteiger partial charge in [-0.2, -0.15) is 0 Å². The molecule has 2 rings (SSSR count). The fourth-order valence-corrected chi connectivity index (χ4v) is 3.19. The second-order valence-electron chi connectivity index (χ2n) is 4.88. The van der Waals surface area contributed by atoms with Gasteiger partial charge in [0.05, 0.1) is 6.10 Å². The summed E-state index contributed by atoms with van der Waals surface area (Å²) in [4.78, 5) is 0. The molecule has 0 bridgehead atoms. The van der Waals surface area contributed by atoms with Crippen LogP contribution in [0.2, 0.25) is 5.02 Å². The highest BCUT2D eigenvalue weighted by molar-refractivity contribution is 6.31. The first-order chi connectivity index (χ1) is 8.24. The van der Waals surface area contributed by atoms with Crippen molar-refractivity contribution in [2.45, 2.75) is 37.7 Å². The van der Waals surface area contributed by atoms with E-state index in [1.807, 2.05) is 24.3 Å². The summed E-state index contributed by atoms with van der Waals surface area (Å²) in [6, 6.07) is 7.84. The molecule has 0 radical (unpaired) electrons. The lowest BCUT2D eigenvalue weighted by molar-refractivity contribution is 0.0561. The molecule has 1 aromatic rings. The molecule has 1 saturated carbocycles. The molecule has 1 aliphatic carbocycles. The number of halogens is 1. The van der Waals surface area contributed by atoms with Crippen LogP contribution in [0.1, 0.15) is 37.2 Å². The molecule has 1 fully saturated rings. The van der Waals surface area contributed by atoms with Gasteiger partial charge in [0.1, 0.15) is 0 Å². The van der Waals surface area contributed by atoms with E-state index in [2.05, 4.69) is 0 Å². The van der Waals surface area contributed by atoms with Gasteiger partial charge in [0.15, 0.2) is 0 Å². The summed E-state index contributed by atoms with van der Waals surface area (Å²) in [7, 11) is 0. The maximum atomic E-state index is 10.1. The van der Waals surface area contributed by atoms with Crippen LogP contribution >= 0.6 is 11.6 Å². The minimum atomic E-state index is -0.228. The van der Waals surface area contributed by atoms with E-state index < -0.39 is 0 Å². The molecule has 2 nitrogen and oxygen atoms in total. The van der Waals surface area contributed by atoms with Gasteiger partial charge in [0.2, 0.25) is 0 Å². The van der Waals surface area contributed by atoms with Crippen molar-refractivity contribution in [1.82, 2.24) is 0 Å². The molecular weight excluding hydrogens is 234 g/mol. The maximum absolute atomic E-state index is 10.1. The van der Waals surface area contributed by atoms with Gasteiger partial charge in [0.25, 0.3) is 0 Å². The standard InChI is InChI=1S/C14H20ClNO/c15-13-7-3-1-5-10(13)12(9-16)11-6-2-4-8-14(11)17/h1,3,5,7,11-12,14,17H,2,4,6,8-9,16H2/t11-,12+,14-/m1/s1. The zero-order valence-electron chi connectivity index (χ0n) is 9.98. The van der Waals surface area contributed by atoms with E-state index >= 15 is 0 Å². The van der Waals surface area contributed by atoms with Crippen LogP contribution in [0.3, 0.4) is 0 Å². The van der Waals surface area contributed by atoms with Crippen LogP contribution in [0.15, 0.2) is 24.3 Å². The average Bonchev–Trinajstić information content (AvgIpc) is 2.34. The summed E-state index contributed by atoms with van der Waals surface area (Å²) in [5.41, 5.74) is 6.98. The molecule has 3 atom stereocenters. The van der Waals surface area contributed by atoms with Gasteiger partial charge in [0, 0.05) is 10.9 Å². The van der Waals surface area contributed by atoms with Gasteiger partial charge in [-0.3, -0.25) is 0 Å². The molecule has 3 N–H and O–H groups in total. The highest BCUT2D eigenvalue weighted by atomic mass is 35.5. The Morgan fingerprint density at radius 1 is 1.29 bits per heavy atom. The summed E-state index contributed by atoms with van der Waals surface area (Å²) < 4.78 is 0. The van der Waals surface area contributed by atoms with Gasteiger partial charge in [-0.1, -0.05) is 42.6 Å². The van der Waals surface area contributed by atoms with E-state index in [0.717, 1.165) is 29.8 Å². The Balaban J connectivity index is 2.23. The minimum absolute atomic E-state index is 0.180. The first-order valence-electron chi connectivity index (χ1n) is 6.36. The Hall–Kier alpha value is -0.570. The van der Waals surface area contributed by atoms with Gasteiger partial charge in [-0.05, 0) is 36.9 Å². The predicted molar refractivity (Wildman–Crippen MR) is 71.2 cm³/mol. The van der Waals surface area contributed by atoms with Crippen molar-refractivity contribution in [3.05, 3.63) is 34.9 Å². The van der Waals surface area contributed by atoms with Crippen molar-refractivity contribution in [2.24, 2.45) is 11.7 Å². The third kappa shape index (κ3) is 2.82. The van der Waals surface area contributed by atoms with E-state index in [1.54, 1.807) is 0 Å². The molecular formula is C14H20ClNO. The topological polar surface area (TPSA) is 46.2 Å². The van der Waals surface area contributed by atoms with Gasteiger partial charge in [-0.15, -0.1) is 0 Å². The molecule has 0 aliphatic heterocycles. The number of rotatable bonds is 3. The lowest BCUT2D eigenvalue weighted by Gasteiger charge is -2.34. The highest BCUT2D eigenvalue weighted by Gasteiger charge is 2.31. The molecule has 0 spiro atoms. The van der Waals surface area contributed by atoms with Crippen molar-refractivity contribution in [3.8, 4) is 0 Å². The van der Waals surface area contributed by atoms with E-state index in [4.69, 9.17) is 17.3 Å². The van der Waals surface area contributed by atoms with Crippen LogP contribution in [0.4, 0.5) is 0 Å². The summed E-state index contributed by atoms with van der Waals surface area (Å²) >= 11 is 6.23. The van der Waals surface area contributed by atoms with Crippen LogP contribution in [0.5, 0.6) is 0 Å². The Morgan fingerprint density at radius 3 is 2.65 bits per heavy atom. The van der Waals surface area contributed by atoms with Crippen LogP contribution < -0.4 is 5.73 Å². The number of nitrogens with two attached hydrogens (primary N) is 1. The van der Waals surface area contributed by atoms with Crippen LogP contribution in [-0.4, -0.2) is 17.8 Å². The Labute approximate surface area is 108 Å². The predicted octanol–water partition coefficient (Wildman–Crippen LogP) is 2.93. The Bertz CT molecular complexity index is 369. The molecule has 1 aliphatic rings. The fraction of sp³-hybridized carbons (Fsp3) is 0.571. The molecule has 0 aromatic heterocycles. The molecule has 94 valence electrons. The van der Waals surface area contributed by atoms with Gasteiger partial charge < -0.3 is 10.8 Å². The Morgan fingerprint density at radius 2 is 2.00 bits per heavy atom. The van der Waals surface area contributed by atoms with Crippen molar-refractivity contribution in [1.29, 1.82) is 0 Å². The third-order valence-corrected chi connectivity index (χ3v) is 4.20. The molecule has 1 aromatic carbocycles. The van der Waals surface area contributed by atoms with E-state index in [1.165, 1.54) is 6.42 Å². The molecule has 0 saturated heterocycles. The van der Waals surface area contributed by atoms with Crippen molar-refractivity contribution < 1.29 is 5.11 Å². The van der Waals surface area contributed by atoms with E-state index in [9.17, 15) is 5.11 Å². The highest BCUT2D eigenvalue weighted by Crippen LogP contribution is 2.38. The smallest absolute Gasteiger partial charge is 0.0574 e. The van der Waals surface area contributed by atoms with E-state index in [-0.39, 0.29) is 17.9 Å². The van der Waals surface area contributed by atoms with Crippen molar-refractivity contribution in [2.75, 3.05) is 6.54 Å². The quantitative estimate of drug-likeness (QED) is 0.870. The third-order valence-electron chi connectivity index (χ3n) is 3.86. The number of aliphatic hydroxyl groups is 1. The average molecular weight is 254 g/mol. The fourth-order valence-electron chi connectivity index (χ4n) is 2.92. The first kappa shape index (κ1) is 12.9. The minimum Gasteiger partial charge on any atom is -0.393 e. The summed E-state index contributed by atoms with van der Waals surface area (Å²) in [6.45, 7) is 0.547. The largest absolute Gasteiger partial charge is 0.393 e. The molecule has 17 heavy (non-hydrogen) atoms. The maximum Gasteiger partial charge on any atom is 0.0574 e. The number of benzene rings is 1. The van der Waals surface area contributed by atoms with Gasteiger partial charge in [-0.25, -0.2) is 0 Å². The van der Waals surface area contributed by atoms with E-state index in [0.29, 0.717) is 6.54 Å². The molecule has 0 unspecified atom stereocenters. The molecule has 3 heteroatoms. The first-order valence-corrected chi connectivity index (χ1v) is 6.74. The normalized spacial score (nSPS) is 26.8. The zero-order valence-corrected chi connectivity index (χ0v) is 10.7. The van der Waals surface area contributed by atoms with Crippen LogP contribution in [-0.2, 0) is 0 Å². The second kappa shape index (κ2) is 5.85. The summed E-state index contributed by atoms with van der Waals surface area (Å²) in [5, 5.41) is 10.9. The number of hydrogen-bond acceptors (Lipinski definition) is 2. The zero-order chi connectivity index (χ0) is 12.3. The summed E-state index contributed by atoms with van der Waals surface area (Å²) in [5.74, 6) is 0.438. The molecule has 0 heterocycles. The number of hydrogen-bond donors (Lipinski definition) is 2. The summed E-state index contributed by atoms with van der Waals surface area (Å²) in [6.07, 6.45) is 4.02. The molecule has 0 amide bonds. The second-order valence-corrected chi connectivity index (χ2v) is 5.29. The van der Waals surface area contributed by atoms with Gasteiger partial charge >= 0.3 is 0 Å². The Kier molecular flexibility index (Phi) is 4.43. The van der Waals surface area contributed by atoms with Crippen molar-refractivity contribution >= 4 is 11.6 Å². The monoisotopic (exact) mass is 253 g/mol. The van der Waals surface area contributed by atoms with Crippen molar-refractivity contribution in [3.63, 3.8) is 0 Å². The SMILES string of the molecule is NC[C@@H](c1ccccc1Cl)[C@H]1CCCC[C@H]1O. The van der Waals surface area contributed by atoms with Crippen LogP contribution in [0, 0.1) is 5.92 Å². The lowest BCUT2D eigenvalue weighted by atomic mass is 9.75. The number of aliphatic hydroxyl groups excluding tert-OH is 1.